The third kappa shape index (κ3) is 20.0. The van der Waals surface area contributed by atoms with Crippen LogP contribution in [0.15, 0.2) is 0 Å². The molecule has 0 saturated carbocycles. The van der Waals surface area contributed by atoms with Crippen molar-refractivity contribution in [3.05, 3.63) is 0 Å². The summed E-state index contributed by atoms with van der Waals surface area (Å²) in [5, 5.41) is 2.56. The van der Waals surface area contributed by atoms with Crippen LogP contribution >= 0.6 is 0 Å². The molecule has 0 fully saturated rings. The Balaban J connectivity index is -0.00000242. The molecule has 24 heavy (non-hydrogen) atoms. The van der Waals surface area contributed by atoms with Crippen LogP contribution in [0.5, 0.6) is 0 Å². The minimum Gasteiger partial charge on any atom is -1.00 e. The van der Waals surface area contributed by atoms with Crippen LogP contribution in [0.25, 0.3) is 0 Å². The minimum absolute atomic E-state index is 0. The van der Waals surface area contributed by atoms with Gasteiger partial charge in [-0.3, -0.25) is 9.59 Å². The molecule has 0 unspecified atom stereocenters. The van der Waals surface area contributed by atoms with Crippen LogP contribution in [0.1, 0.15) is 98.2 Å². The number of unbranched alkanes of at least 4 members (excludes halogenated alkanes) is 12. The number of ether oxygens (including phenoxy) is 1. The van der Waals surface area contributed by atoms with E-state index < -0.39 is 5.97 Å². The average molecular weight is 352 g/mol. The smallest absolute Gasteiger partial charge is 1.00 e. The first-order valence-corrected chi connectivity index (χ1v) is 9.54. The van der Waals surface area contributed by atoms with Gasteiger partial charge in [0, 0.05) is 6.42 Å². The van der Waals surface area contributed by atoms with Crippen molar-refractivity contribution >= 4 is 11.9 Å². The molecule has 1 amide bonds. The van der Waals surface area contributed by atoms with E-state index in [9.17, 15) is 9.59 Å². The molecular weight excluding hydrogens is 313 g/mol. The number of carbonyl (C=O) groups excluding carboxylic acids is 2. The maximum Gasteiger partial charge on any atom is 1.00 e. The topological polar surface area (TPSA) is 55.4 Å². The number of methoxy groups -OCH3 is 1. The average Bonchev–Trinajstić information content (AvgIpc) is 2.56. The summed E-state index contributed by atoms with van der Waals surface area (Å²) in [5.41, 5.74) is 0. The van der Waals surface area contributed by atoms with Crippen LogP contribution in [0.4, 0.5) is 0 Å². The van der Waals surface area contributed by atoms with Gasteiger partial charge < -0.3 is 11.5 Å². The predicted molar refractivity (Wildman–Crippen MR) is 96.4 cm³/mol. The standard InChI is InChI=1S/C19H37NO3.Na.H/c1-3-4-5-6-7-8-9-10-11-12-13-14-15-16-18(21)20-17-19(22)23-2;;/h3-17H2,1-2H3,(H,20,21);;/q;+1;-1. The van der Waals surface area contributed by atoms with Gasteiger partial charge in [-0.25, -0.2) is 0 Å². The quantitative estimate of drug-likeness (QED) is 0.262. The number of esters is 1. The Labute approximate surface area is 172 Å². The largest absolute Gasteiger partial charge is 1.00 e. The number of amides is 1. The van der Waals surface area contributed by atoms with Crippen molar-refractivity contribution in [1.29, 1.82) is 0 Å². The molecule has 138 valence electrons. The molecule has 5 heteroatoms. The van der Waals surface area contributed by atoms with Crippen LogP contribution in [-0.4, -0.2) is 25.5 Å². The van der Waals surface area contributed by atoms with E-state index in [-0.39, 0.29) is 43.4 Å². The van der Waals surface area contributed by atoms with E-state index in [0.717, 1.165) is 12.8 Å². The molecule has 0 rings (SSSR count). The molecule has 4 nitrogen and oxygen atoms in total. The van der Waals surface area contributed by atoms with Gasteiger partial charge in [-0.15, -0.1) is 0 Å². The molecule has 0 aliphatic heterocycles. The summed E-state index contributed by atoms with van der Waals surface area (Å²) >= 11 is 0. The number of nitrogens with one attached hydrogen (secondary N) is 1. The monoisotopic (exact) mass is 351 g/mol. The van der Waals surface area contributed by atoms with Crippen molar-refractivity contribution in [3.63, 3.8) is 0 Å². The van der Waals surface area contributed by atoms with Gasteiger partial charge in [0.2, 0.25) is 5.91 Å². The van der Waals surface area contributed by atoms with Gasteiger partial charge in [0.15, 0.2) is 0 Å². The maximum atomic E-state index is 11.4. The molecule has 0 aromatic heterocycles. The fourth-order valence-corrected chi connectivity index (χ4v) is 2.63. The molecule has 0 bridgehead atoms. The Morgan fingerprint density at radius 3 is 1.62 bits per heavy atom. The van der Waals surface area contributed by atoms with Crippen molar-refractivity contribution in [2.45, 2.75) is 96.8 Å². The van der Waals surface area contributed by atoms with Gasteiger partial charge in [0.05, 0.1) is 7.11 Å². The van der Waals surface area contributed by atoms with Crippen LogP contribution in [0.3, 0.4) is 0 Å². The molecule has 0 aliphatic rings. The van der Waals surface area contributed by atoms with E-state index in [0.29, 0.717) is 6.42 Å². The number of carbonyl (C=O) groups is 2. The van der Waals surface area contributed by atoms with Gasteiger partial charge in [0.1, 0.15) is 6.54 Å². The normalized spacial score (nSPS) is 10.1. The van der Waals surface area contributed by atoms with Crippen molar-refractivity contribution in [1.82, 2.24) is 5.32 Å². The molecule has 0 spiro atoms. The Morgan fingerprint density at radius 1 is 0.792 bits per heavy atom. The summed E-state index contributed by atoms with van der Waals surface area (Å²) in [4.78, 5) is 22.3. The fraction of sp³-hybridized carbons (Fsp3) is 0.895. The van der Waals surface area contributed by atoms with Crippen molar-refractivity contribution in [2.24, 2.45) is 0 Å². The second-order valence-corrected chi connectivity index (χ2v) is 6.35. The molecule has 0 aliphatic carbocycles. The second kappa shape index (κ2) is 21.0. The first-order valence-electron chi connectivity index (χ1n) is 9.54. The second-order valence-electron chi connectivity index (χ2n) is 6.35. The summed E-state index contributed by atoms with van der Waals surface area (Å²) in [6, 6.07) is 0. The van der Waals surface area contributed by atoms with Gasteiger partial charge in [0.25, 0.3) is 0 Å². The van der Waals surface area contributed by atoms with E-state index in [4.69, 9.17) is 0 Å². The van der Waals surface area contributed by atoms with Gasteiger partial charge in [-0.1, -0.05) is 84.0 Å². The fourth-order valence-electron chi connectivity index (χ4n) is 2.63. The van der Waals surface area contributed by atoms with Crippen LogP contribution in [0.2, 0.25) is 0 Å². The van der Waals surface area contributed by atoms with Crippen molar-refractivity contribution in [2.75, 3.05) is 13.7 Å². The number of hydrogen-bond acceptors (Lipinski definition) is 3. The molecule has 0 radical (unpaired) electrons. The molecule has 0 heterocycles. The first kappa shape index (κ1) is 26.2. The zero-order valence-electron chi connectivity index (χ0n) is 17.3. The summed E-state index contributed by atoms with van der Waals surface area (Å²) in [6.07, 6.45) is 17.4. The maximum absolute atomic E-state index is 11.4. The zero-order valence-corrected chi connectivity index (χ0v) is 18.3. The van der Waals surface area contributed by atoms with Gasteiger partial charge in [-0.2, -0.15) is 0 Å². The SMILES string of the molecule is CCCCCCCCCCCCCCCC(=O)NCC(=O)OC.[H-].[Na+]. The third-order valence-corrected chi connectivity index (χ3v) is 4.16. The van der Waals surface area contributed by atoms with Crippen LogP contribution in [-0.2, 0) is 14.3 Å². The molecule has 0 atom stereocenters. The number of rotatable bonds is 16. The molecular formula is C19H38NNaO3. The third-order valence-electron chi connectivity index (χ3n) is 4.16. The zero-order chi connectivity index (χ0) is 17.2. The van der Waals surface area contributed by atoms with Crippen molar-refractivity contribution in [3.8, 4) is 0 Å². The summed E-state index contributed by atoms with van der Waals surface area (Å²) in [7, 11) is 1.32. The molecule has 0 aromatic carbocycles. The van der Waals surface area contributed by atoms with Gasteiger partial charge in [-0.05, 0) is 6.42 Å². The van der Waals surface area contributed by atoms with Crippen molar-refractivity contribution < 1.29 is 45.3 Å². The number of hydrogen-bond donors (Lipinski definition) is 1. The van der Waals surface area contributed by atoms with Crippen LogP contribution in [0, 0.1) is 0 Å². The predicted octanol–water partition coefficient (Wildman–Crippen LogP) is 1.87. The summed E-state index contributed by atoms with van der Waals surface area (Å²) < 4.78 is 4.47. The van der Waals surface area contributed by atoms with E-state index in [1.54, 1.807) is 0 Å². The molecule has 0 saturated heterocycles. The van der Waals surface area contributed by atoms with E-state index in [2.05, 4.69) is 17.0 Å². The van der Waals surface area contributed by atoms with E-state index >= 15 is 0 Å². The Kier molecular flexibility index (Phi) is 22.9. The Hall–Kier alpha value is -0.0600. The molecule has 0 aromatic rings. The summed E-state index contributed by atoms with van der Waals surface area (Å²) in [5.74, 6) is -0.456. The van der Waals surface area contributed by atoms with E-state index in [1.807, 2.05) is 0 Å². The first-order chi connectivity index (χ1) is 11.2. The van der Waals surface area contributed by atoms with Gasteiger partial charge >= 0.3 is 35.5 Å². The summed E-state index contributed by atoms with van der Waals surface area (Å²) in [6.45, 7) is 2.24. The van der Waals surface area contributed by atoms with E-state index in [1.165, 1.54) is 77.7 Å². The Morgan fingerprint density at radius 2 is 1.21 bits per heavy atom. The molecule has 1 N–H and O–H groups in total. The minimum atomic E-state index is -0.399. The van der Waals surface area contributed by atoms with Crippen LogP contribution < -0.4 is 34.9 Å². The Bertz CT molecular complexity index is 304.